The van der Waals surface area contributed by atoms with Gasteiger partial charge in [0, 0.05) is 6.42 Å². The van der Waals surface area contributed by atoms with Crippen LogP contribution in [0.25, 0.3) is 0 Å². The fourth-order valence-electron chi connectivity index (χ4n) is 1.56. The number of unbranched alkanes of at least 4 members (excludes halogenated alkanes) is 9. The first-order valence-electron chi connectivity index (χ1n) is 5.91. The molecule has 0 aliphatic carbocycles. The van der Waals surface area contributed by atoms with Crippen molar-refractivity contribution >= 4 is 22.6 Å². The van der Waals surface area contributed by atoms with E-state index < -0.39 is 0 Å². The Balaban J connectivity index is 2.82. The van der Waals surface area contributed by atoms with Crippen LogP contribution in [0.5, 0.6) is 0 Å². The second-order valence-corrected chi connectivity index (χ2v) is 4.90. The summed E-state index contributed by atoms with van der Waals surface area (Å²) in [6.07, 6.45) is 18.6. The van der Waals surface area contributed by atoms with Crippen LogP contribution in [0.1, 0.15) is 64.2 Å². The van der Waals surface area contributed by atoms with Crippen LogP contribution in [-0.2, 0) is 0 Å². The average Bonchev–Trinajstić information content (AvgIpc) is 2.21. The predicted molar refractivity (Wildman–Crippen MR) is 73.9 cm³/mol. The van der Waals surface area contributed by atoms with Gasteiger partial charge in [0.15, 0.2) is 0 Å². The van der Waals surface area contributed by atoms with Crippen LogP contribution in [0.3, 0.4) is 0 Å². The lowest BCUT2D eigenvalue weighted by molar-refractivity contribution is 0.569. The fraction of sp³-hybridized carbons (Fsp3) is 0.846. The van der Waals surface area contributed by atoms with Crippen LogP contribution in [0.2, 0.25) is 0 Å². The molecule has 0 radical (unpaired) electrons. The standard InChI is InChI=1S/C13H23I/c1-2-3-4-5-6-7-8-9-10-11-12-13-14/h1H,3-13H2. The van der Waals surface area contributed by atoms with Crippen molar-refractivity contribution in [1.29, 1.82) is 0 Å². The highest BCUT2D eigenvalue weighted by atomic mass is 127. The molecule has 0 N–H and O–H groups in total. The summed E-state index contributed by atoms with van der Waals surface area (Å²) in [6, 6.07) is 0. The number of terminal acetylenes is 1. The van der Waals surface area contributed by atoms with E-state index in [0.29, 0.717) is 0 Å². The Kier molecular flexibility index (Phi) is 13.6. The SMILES string of the molecule is C#CCCCCCCCCCCCI. The molecule has 0 aromatic rings. The Morgan fingerprint density at radius 2 is 1.14 bits per heavy atom. The lowest BCUT2D eigenvalue weighted by Crippen LogP contribution is -1.82. The molecule has 0 aliphatic rings. The van der Waals surface area contributed by atoms with Crippen molar-refractivity contribution < 1.29 is 0 Å². The van der Waals surface area contributed by atoms with E-state index >= 15 is 0 Å². The predicted octanol–water partition coefficient (Wildman–Crippen LogP) is 4.96. The van der Waals surface area contributed by atoms with E-state index in [1.54, 1.807) is 0 Å². The van der Waals surface area contributed by atoms with Gasteiger partial charge in [-0.2, -0.15) is 0 Å². The highest BCUT2D eigenvalue weighted by Crippen LogP contribution is 2.10. The largest absolute Gasteiger partial charge is 0.120 e. The summed E-state index contributed by atoms with van der Waals surface area (Å²) in [5, 5.41) is 0. The molecule has 0 saturated heterocycles. The maximum absolute atomic E-state index is 5.19. The molecule has 0 amide bonds. The molecule has 0 saturated carbocycles. The monoisotopic (exact) mass is 306 g/mol. The zero-order valence-electron chi connectivity index (χ0n) is 9.23. The molecule has 0 heterocycles. The topological polar surface area (TPSA) is 0 Å². The van der Waals surface area contributed by atoms with Gasteiger partial charge in [0.1, 0.15) is 0 Å². The van der Waals surface area contributed by atoms with Gasteiger partial charge in [0.2, 0.25) is 0 Å². The zero-order valence-corrected chi connectivity index (χ0v) is 11.4. The van der Waals surface area contributed by atoms with E-state index in [0.717, 1.165) is 6.42 Å². The molecule has 0 nitrogen and oxygen atoms in total. The van der Waals surface area contributed by atoms with Gasteiger partial charge in [-0.15, -0.1) is 12.3 Å². The summed E-state index contributed by atoms with van der Waals surface area (Å²) in [5.74, 6) is 2.69. The quantitative estimate of drug-likeness (QED) is 0.232. The maximum atomic E-state index is 5.19. The molecule has 0 aromatic heterocycles. The minimum Gasteiger partial charge on any atom is -0.120 e. The Labute approximate surface area is 103 Å². The Bertz CT molecular complexity index is 135. The van der Waals surface area contributed by atoms with Gasteiger partial charge >= 0.3 is 0 Å². The van der Waals surface area contributed by atoms with Crippen molar-refractivity contribution in [1.82, 2.24) is 0 Å². The molecule has 0 fully saturated rings. The molecule has 0 aliphatic heterocycles. The minimum absolute atomic E-state index is 0.968. The summed E-state index contributed by atoms with van der Waals surface area (Å²) in [4.78, 5) is 0. The van der Waals surface area contributed by atoms with Gasteiger partial charge in [-0.3, -0.25) is 0 Å². The van der Waals surface area contributed by atoms with Crippen molar-refractivity contribution in [2.45, 2.75) is 64.2 Å². The molecule has 14 heavy (non-hydrogen) atoms. The van der Waals surface area contributed by atoms with Crippen LogP contribution in [-0.4, -0.2) is 4.43 Å². The molecule has 0 rings (SSSR count). The van der Waals surface area contributed by atoms with Crippen molar-refractivity contribution in [2.75, 3.05) is 4.43 Å². The van der Waals surface area contributed by atoms with Crippen LogP contribution in [0.15, 0.2) is 0 Å². The zero-order chi connectivity index (χ0) is 10.5. The molecular weight excluding hydrogens is 283 g/mol. The molecule has 82 valence electrons. The number of hydrogen-bond acceptors (Lipinski definition) is 0. The lowest BCUT2D eigenvalue weighted by Gasteiger charge is -2.00. The Morgan fingerprint density at radius 3 is 1.57 bits per heavy atom. The van der Waals surface area contributed by atoms with Crippen LogP contribution < -0.4 is 0 Å². The number of alkyl halides is 1. The molecule has 0 unspecified atom stereocenters. The van der Waals surface area contributed by atoms with Gasteiger partial charge in [0.25, 0.3) is 0 Å². The van der Waals surface area contributed by atoms with Crippen molar-refractivity contribution in [2.24, 2.45) is 0 Å². The summed E-state index contributed by atoms with van der Waals surface area (Å²) in [7, 11) is 0. The second-order valence-electron chi connectivity index (χ2n) is 3.83. The van der Waals surface area contributed by atoms with E-state index in [4.69, 9.17) is 6.42 Å². The third-order valence-corrected chi connectivity index (χ3v) is 3.22. The minimum atomic E-state index is 0.968. The molecular formula is C13H23I. The third kappa shape index (κ3) is 12.3. The van der Waals surface area contributed by atoms with Crippen molar-refractivity contribution in [3.63, 3.8) is 0 Å². The van der Waals surface area contributed by atoms with E-state index in [9.17, 15) is 0 Å². The van der Waals surface area contributed by atoms with Gasteiger partial charge in [-0.05, 0) is 17.3 Å². The van der Waals surface area contributed by atoms with Gasteiger partial charge < -0.3 is 0 Å². The van der Waals surface area contributed by atoms with Gasteiger partial charge in [0.05, 0.1) is 0 Å². The first-order chi connectivity index (χ1) is 6.91. The summed E-state index contributed by atoms with van der Waals surface area (Å²) in [5.41, 5.74) is 0. The molecule has 1 heteroatoms. The summed E-state index contributed by atoms with van der Waals surface area (Å²) in [6.45, 7) is 0. The number of rotatable bonds is 10. The molecule has 0 aromatic carbocycles. The van der Waals surface area contributed by atoms with Gasteiger partial charge in [-0.1, -0.05) is 67.5 Å². The highest BCUT2D eigenvalue weighted by Gasteiger charge is 1.91. The van der Waals surface area contributed by atoms with Crippen LogP contribution in [0, 0.1) is 12.3 Å². The van der Waals surface area contributed by atoms with Crippen LogP contribution >= 0.6 is 22.6 Å². The summed E-state index contributed by atoms with van der Waals surface area (Å²) >= 11 is 2.46. The molecule has 0 spiro atoms. The van der Waals surface area contributed by atoms with Crippen LogP contribution in [0.4, 0.5) is 0 Å². The van der Waals surface area contributed by atoms with E-state index in [-0.39, 0.29) is 0 Å². The Morgan fingerprint density at radius 1 is 0.714 bits per heavy atom. The Hall–Kier alpha value is 0.290. The van der Waals surface area contributed by atoms with Crippen molar-refractivity contribution in [3.05, 3.63) is 0 Å². The van der Waals surface area contributed by atoms with E-state index in [1.807, 2.05) is 0 Å². The van der Waals surface area contributed by atoms with E-state index in [1.165, 1.54) is 62.2 Å². The van der Waals surface area contributed by atoms with E-state index in [2.05, 4.69) is 28.5 Å². The maximum Gasteiger partial charge on any atom is 0.00860 e. The first kappa shape index (κ1) is 14.3. The van der Waals surface area contributed by atoms with Gasteiger partial charge in [-0.25, -0.2) is 0 Å². The van der Waals surface area contributed by atoms with Crippen molar-refractivity contribution in [3.8, 4) is 12.3 Å². The normalized spacial score (nSPS) is 10.0. The smallest absolute Gasteiger partial charge is 0.00860 e. The fourth-order valence-corrected chi connectivity index (χ4v) is 2.10. The molecule has 0 atom stereocenters. The lowest BCUT2D eigenvalue weighted by atomic mass is 10.1. The average molecular weight is 306 g/mol. The third-order valence-electron chi connectivity index (χ3n) is 2.45. The summed E-state index contributed by atoms with van der Waals surface area (Å²) < 4.78 is 1.32. The molecule has 0 bridgehead atoms. The highest BCUT2D eigenvalue weighted by molar-refractivity contribution is 14.1. The first-order valence-corrected chi connectivity index (χ1v) is 7.44. The number of halogens is 1. The number of hydrogen-bond donors (Lipinski definition) is 0. The second kappa shape index (κ2) is 13.3.